The third-order valence-corrected chi connectivity index (χ3v) is 4.11. The van der Waals surface area contributed by atoms with Crippen molar-refractivity contribution < 1.29 is 19.4 Å². The van der Waals surface area contributed by atoms with Crippen LogP contribution in [0.1, 0.15) is 31.1 Å². The van der Waals surface area contributed by atoms with Gasteiger partial charge in [0.1, 0.15) is 5.75 Å². The van der Waals surface area contributed by atoms with Gasteiger partial charge in [-0.25, -0.2) is 4.79 Å². The van der Waals surface area contributed by atoms with Gasteiger partial charge in [-0.1, -0.05) is 26.8 Å². The van der Waals surface area contributed by atoms with Crippen molar-refractivity contribution in [3.63, 3.8) is 0 Å². The first-order chi connectivity index (χ1) is 11.7. The molecule has 2 rings (SSSR count). The molecule has 5 nitrogen and oxygen atoms in total. The number of thioether (sulfide) groups is 1. The Balaban J connectivity index is 2.02. The number of nitrogens with one attached hydrogen (secondary N) is 1. The second kappa shape index (κ2) is 8.07. The van der Waals surface area contributed by atoms with Crippen LogP contribution in [0.25, 0.3) is 0 Å². The van der Waals surface area contributed by atoms with Gasteiger partial charge in [-0.15, -0.1) is 11.8 Å². The number of carbonyl (C=O) groups is 2. The first-order valence-corrected chi connectivity index (χ1v) is 8.60. The molecule has 0 unspecified atom stereocenters. The van der Waals surface area contributed by atoms with Crippen LogP contribution in [-0.4, -0.2) is 28.3 Å². The number of hydrogen-bond acceptors (Lipinski definition) is 4. The summed E-state index contributed by atoms with van der Waals surface area (Å²) in [4.78, 5) is 24.0. The van der Waals surface area contributed by atoms with Gasteiger partial charge in [-0.05, 0) is 42.5 Å². The van der Waals surface area contributed by atoms with E-state index in [1.165, 1.54) is 6.07 Å². The molecule has 0 atom stereocenters. The maximum Gasteiger partial charge on any atom is 0.341 e. The van der Waals surface area contributed by atoms with Gasteiger partial charge in [0.2, 0.25) is 0 Å². The van der Waals surface area contributed by atoms with E-state index in [4.69, 9.17) is 9.84 Å². The monoisotopic (exact) mass is 359 g/mol. The molecule has 0 spiro atoms. The van der Waals surface area contributed by atoms with Crippen molar-refractivity contribution >= 4 is 29.3 Å². The van der Waals surface area contributed by atoms with Crippen molar-refractivity contribution in [2.24, 2.45) is 0 Å². The molecule has 2 N–H and O–H groups in total. The standard InChI is InChI=1S/C19H21NO4S/c1-19(2,3)25-16-9-7-14(8-10-16)20-18(23)13-5-4-6-15(11-13)24-12-17(21)22/h4-11H,12H2,1-3H3,(H,20,23)(H,21,22). The number of carboxylic acids is 1. The highest BCUT2D eigenvalue weighted by atomic mass is 32.2. The molecular formula is C19H21NO4S. The molecule has 0 bridgehead atoms. The lowest BCUT2D eigenvalue weighted by Crippen LogP contribution is -2.13. The Morgan fingerprint density at radius 3 is 2.40 bits per heavy atom. The van der Waals surface area contributed by atoms with E-state index in [2.05, 4.69) is 26.1 Å². The number of aliphatic carboxylic acids is 1. The maximum absolute atomic E-state index is 12.3. The van der Waals surface area contributed by atoms with Gasteiger partial charge in [0, 0.05) is 20.9 Å². The Hall–Kier alpha value is -2.47. The highest BCUT2D eigenvalue weighted by Crippen LogP contribution is 2.32. The molecule has 0 saturated carbocycles. The summed E-state index contributed by atoms with van der Waals surface area (Å²) >= 11 is 1.76. The summed E-state index contributed by atoms with van der Waals surface area (Å²) in [6, 6.07) is 14.1. The minimum atomic E-state index is -1.07. The van der Waals surface area contributed by atoms with E-state index in [-0.39, 0.29) is 10.7 Å². The van der Waals surface area contributed by atoms with E-state index in [1.54, 1.807) is 30.0 Å². The van der Waals surface area contributed by atoms with E-state index in [9.17, 15) is 9.59 Å². The molecule has 0 aliphatic heterocycles. The predicted molar refractivity (Wildman–Crippen MR) is 99.6 cm³/mol. The summed E-state index contributed by atoms with van der Waals surface area (Å²) < 4.78 is 5.21. The molecule has 2 aromatic rings. The van der Waals surface area contributed by atoms with Gasteiger partial charge in [0.25, 0.3) is 5.91 Å². The molecule has 0 fully saturated rings. The van der Waals surface area contributed by atoms with Crippen LogP contribution in [0.15, 0.2) is 53.4 Å². The van der Waals surface area contributed by atoms with Crippen LogP contribution < -0.4 is 10.1 Å². The molecule has 1 amide bonds. The highest BCUT2D eigenvalue weighted by molar-refractivity contribution is 8.00. The molecule has 0 radical (unpaired) electrons. The van der Waals surface area contributed by atoms with Gasteiger partial charge >= 0.3 is 5.97 Å². The Kier molecular flexibility index (Phi) is 6.09. The van der Waals surface area contributed by atoms with Crippen molar-refractivity contribution in [3.05, 3.63) is 54.1 Å². The fraction of sp³-hybridized carbons (Fsp3) is 0.263. The van der Waals surface area contributed by atoms with Crippen molar-refractivity contribution in [1.29, 1.82) is 0 Å². The molecular weight excluding hydrogens is 338 g/mol. The summed E-state index contributed by atoms with van der Waals surface area (Å²) in [5.74, 6) is -1.01. The van der Waals surface area contributed by atoms with E-state index >= 15 is 0 Å². The van der Waals surface area contributed by atoms with Gasteiger partial charge < -0.3 is 15.2 Å². The first kappa shape index (κ1) is 18.9. The van der Waals surface area contributed by atoms with Gasteiger partial charge in [-0.3, -0.25) is 4.79 Å². The van der Waals surface area contributed by atoms with Crippen LogP contribution in [0.3, 0.4) is 0 Å². The smallest absolute Gasteiger partial charge is 0.341 e. The number of amides is 1. The van der Waals surface area contributed by atoms with Crippen molar-refractivity contribution in [1.82, 2.24) is 0 Å². The van der Waals surface area contributed by atoms with Crippen LogP contribution in [0.2, 0.25) is 0 Å². The second-order valence-electron chi connectivity index (χ2n) is 6.40. The number of carboxylic acid groups (broad SMARTS) is 1. The number of ether oxygens (including phenoxy) is 1. The quantitative estimate of drug-likeness (QED) is 0.753. The minimum Gasteiger partial charge on any atom is -0.482 e. The van der Waals surface area contributed by atoms with Crippen LogP contribution in [0.5, 0.6) is 5.75 Å². The first-order valence-electron chi connectivity index (χ1n) is 7.78. The summed E-state index contributed by atoms with van der Waals surface area (Å²) in [6.45, 7) is 5.99. The molecule has 25 heavy (non-hydrogen) atoms. The summed E-state index contributed by atoms with van der Waals surface area (Å²) in [5, 5.41) is 11.5. The number of rotatable bonds is 6. The lowest BCUT2D eigenvalue weighted by molar-refractivity contribution is -0.139. The predicted octanol–water partition coefficient (Wildman–Crippen LogP) is 4.29. The SMILES string of the molecule is CC(C)(C)Sc1ccc(NC(=O)c2cccc(OCC(=O)O)c2)cc1. The molecule has 132 valence electrons. The molecule has 0 saturated heterocycles. The zero-order valence-corrected chi connectivity index (χ0v) is 15.2. The fourth-order valence-corrected chi connectivity index (χ4v) is 3.01. The topological polar surface area (TPSA) is 75.6 Å². The van der Waals surface area contributed by atoms with E-state index in [0.717, 1.165) is 4.90 Å². The zero-order chi connectivity index (χ0) is 18.4. The van der Waals surface area contributed by atoms with E-state index < -0.39 is 12.6 Å². The second-order valence-corrected chi connectivity index (χ2v) is 8.30. The van der Waals surface area contributed by atoms with Crippen molar-refractivity contribution in [2.75, 3.05) is 11.9 Å². The third kappa shape index (κ3) is 6.51. The number of carbonyl (C=O) groups excluding carboxylic acids is 1. The summed E-state index contributed by atoms with van der Waals surface area (Å²) in [6.07, 6.45) is 0. The van der Waals surface area contributed by atoms with Gasteiger partial charge in [0.05, 0.1) is 0 Å². The largest absolute Gasteiger partial charge is 0.482 e. The van der Waals surface area contributed by atoms with Crippen molar-refractivity contribution in [3.8, 4) is 5.75 Å². The summed E-state index contributed by atoms with van der Waals surface area (Å²) in [5.41, 5.74) is 1.09. The highest BCUT2D eigenvalue weighted by Gasteiger charge is 2.12. The number of anilines is 1. The van der Waals surface area contributed by atoms with Gasteiger partial charge in [0.15, 0.2) is 6.61 Å². The van der Waals surface area contributed by atoms with Crippen LogP contribution in [0.4, 0.5) is 5.69 Å². The van der Waals surface area contributed by atoms with Crippen LogP contribution in [-0.2, 0) is 4.79 Å². The molecule has 0 aromatic heterocycles. The molecule has 2 aromatic carbocycles. The third-order valence-electron chi connectivity index (χ3n) is 2.99. The Morgan fingerprint density at radius 2 is 1.80 bits per heavy atom. The van der Waals surface area contributed by atoms with Crippen LogP contribution in [0, 0.1) is 0 Å². The molecule has 0 aliphatic rings. The van der Waals surface area contributed by atoms with E-state index in [0.29, 0.717) is 17.0 Å². The number of benzene rings is 2. The lowest BCUT2D eigenvalue weighted by Gasteiger charge is -2.17. The normalized spacial score (nSPS) is 11.0. The molecule has 0 aliphatic carbocycles. The number of hydrogen-bond donors (Lipinski definition) is 2. The Bertz CT molecular complexity index is 751. The average molecular weight is 359 g/mol. The maximum atomic E-state index is 12.3. The molecule has 6 heteroatoms. The van der Waals surface area contributed by atoms with Gasteiger partial charge in [-0.2, -0.15) is 0 Å². The zero-order valence-electron chi connectivity index (χ0n) is 14.4. The average Bonchev–Trinajstić information content (AvgIpc) is 2.53. The van der Waals surface area contributed by atoms with Crippen molar-refractivity contribution in [2.45, 2.75) is 30.4 Å². The minimum absolute atomic E-state index is 0.126. The van der Waals surface area contributed by atoms with Crippen LogP contribution >= 0.6 is 11.8 Å². The Labute approximate surface area is 151 Å². The Morgan fingerprint density at radius 1 is 1.12 bits per heavy atom. The molecule has 0 heterocycles. The summed E-state index contributed by atoms with van der Waals surface area (Å²) in [7, 11) is 0. The fourth-order valence-electron chi connectivity index (χ4n) is 2.04. The van der Waals surface area contributed by atoms with E-state index in [1.807, 2.05) is 24.3 Å². The lowest BCUT2D eigenvalue weighted by atomic mass is 10.2.